The zero-order valence-electron chi connectivity index (χ0n) is 25.3. The molecule has 8 nitrogen and oxygen atoms in total. The summed E-state index contributed by atoms with van der Waals surface area (Å²) in [5.74, 6) is -1.54. The van der Waals surface area contributed by atoms with Gasteiger partial charge in [-0.25, -0.2) is 0 Å². The third-order valence-electron chi connectivity index (χ3n) is 8.52. The van der Waals surface area contributed by atoms with Gasteiger partial charge < -0.3 is 25.4 Å². The molecule has 45 heavy (non-hydrogen) atoms. The van der Waals surface area contributed by atoms with Gasteiger partial charge in [0, 0.05) is 52.1 Å². The summed E-state index contributed by atoms with van der Waals surface area (Å²) in [5, 5.41) is 46.0. The molecular formula is C37H32N2O6. The Hall–Kier alpha value is -5.63. The highest BCUT2D eigenvalue weighted by atomic mass is 16.3. The first-order valence-electron chi connectivity index (χ1n) is 14.5. The van der Waals surface area contributed by atoms with E-state index in [4.69, 9.17) is 0 Å². The molecule has 0 amide bonds. The predicted octanol–water partition coefficient (Wildman–Crippen LogP) is 7.41. The number of aromatic amines is 1. The largest absolute Gasteiger partial charge is 0.507 e. The fourth-order valence-corrected chi connectivity index (χ4v) is 6.05. The number of rotatable bonds is 7. The van der Waals surface area contributed by atoms with E-state index >= 15 is 0 Å². The Morgan fingerprint density at radius 3 is 1.89 bits per heavy atom. The molecule has 0 unspecified atom stereocenters. The van der Waals surface area contributed by atoms with Gasteiger partial charge >= 0.3 is 0 Å². The average Bonchev–Trinajstić information content (AvgIpc) is 3.36. The van der Waals surface area contributed by atoms with Crippen LogP contribution < -0.4 is 0 Å². The molecule has 0 aliphatic carbocycles. The molecule has 4 aromatic carbocycles. The number of carbonyl (C=O) groups is 2. The first-order valence-corrected chi connectivity index (χ1v) is 14.5. The highest BCUT2D eigenvalue weighted by Crippen LogP contribution is 2.41. The molecule has 0 fully saturated rings. The Morgan fingerprint density at radius 2 is 1.27 bits per heavy atom. The molecular weight excluding hydrogens is 568 g/mol. The maximum absolute atomic E-state index is 12.3. The van der Waals surface area contributed by atoms with Crippen molar-refractivity contribution in [3.05, 3.63) is 111 Å². The second kappa shape index (κ2) is 11.1. The molecule has 6 aromatic rings. The van der Waals surface area contributed by atoms with Crippen LogP contribution in [-0.4, -0.2) is 42.0 Å². The van der Waals surface area contributed by atoms with Crippen LogP contribution in [0.3, 0.4) is 0 Å². The standard InChI is InChI=1S/C37H32N2O6/c1-18-12-26(20(3)40)36(44)29(34(18)42)16-28-25-10-9-24(23-8-7-22-6-5-11-38-31(22)14-23)15-32(25)39-33(28)17-30-35(43)19(2)13-27(21(4)41)37(30)45/h5-15,39,42-45H,16-17H2,1-4H3. The number of carbonyl (C=O) groups excluding carboxylic acids is 2. The molecule has 0 saturated carbocycles. The van der Waals surface area contributed by atoms with Gasteiger partial charge in [-0.1, -0.05) is 30.3 Å². The number of nitrogens with zero attached hydrogens (tertiary/aromatic N) is 1. The van der Waals surface area contributed by atoms with Crippen LogP contribution in [0.1, 0.15) is 68.1 Å². The second-order valence-corrected chi connectivity index (χ2v) is 11.6. The van der Waals surface area contributed by atoms with E-state index in [9.17, 15) is 30.0 Å². The highest BCUT2D eigenvalue weighted by molar-refractivity contribution is 5.99. The van der Waals surface area contributed by atoms with Gasteiger partial charge in [0.1, 0.15) is 23.0 Å². The summed E-state index contributed by atoms with van der Waals surface area (Å²) in [6, 6.07) is 18.8. The summed E-state index contributed by atoms with van der Waals surface area (Å²) in [5.41, 5.74) is 6.24. The van der Waals surface area contributed by atoms with Gasteiger partial charge in [-0.15, -0.1) is 0 Å². The number of pyridine rings is 1. The van der Waals surface area contributed by atoms with E-state index in [0.29, 0.717) is 22.4 Å². The Morgan fingerprint density at radius 1 is 0.689 bits per heavy atom. The number of hydrogen-bond acceptors (Lipinski definition) is 7. The number of H-pyrrole nitrogens is 1. The summed E-state index contributed by atoms with van der Waals surface area (Å²) in [7, 11) is 0. The number of benzene rings is 4. The average molecular weight is 601 g/mol. The Bertz CT molecular complexity index is 2190. The van der Waals surface area contributed by atoms with Gasteiger partial charge in [-0.3, -0.25) is 14.6 Å². The van der Waals surface area contributed by atoms with E-state index in [-0.39, 0.29) is 69.7 Å². The van der Waals surface area contributed by atoms with Crippen LogP contribution in [0, 0.1) is 13.8 Å². The van der Waals surface area contributed by atoms with E-state index in [1.165, 1.54) is 26.0 Å². The van der Waals surface area contributed by atoms with Crippen LogP contribution >= 0.6 is 0 Å². The van der Waals surface area contributed by atoms with E-state index in [1.54, 1.807) is 20.0 Å². The number of phenols is 4. The van der Waals surface area contributed by atoms with Gasteiger partial charge in [0.2, 0.25) is 0 Å². The molecule has 0 saturated heterocycles. The third-order valence-corrected chi connectivity index (χ3v) is 8.52. The lowest BCUT2D eigenvalue weighted by molar-refractivity contribution is 0.100. The normalized spacial score (nSPS) is 11.4. The van der Waals surface area contributed by atoms with Gasteiger partial charge in [0.15, 0.2) is 11.6 Å². The molecule has 0 bridgehead atoms. The number of Topliss-reactive ketones (excluding diaryl/α,β-unsaturated/α-hetero) is 2. The maximum atomic E-state index is 12.3. The quantitative estimate of drug-likeness (QED) is 0.120. The monoisotopic (exact) mass is 600 g/mol. The van der Waals surface area contributed by atoms with Crippen LogP contribution in [0.4, 0.5) is 0 Å². The Balaban J connectivity index is 1.55. The number of aromatic hydroxyl groups is 4. The first-order chi connectivity index (χ1) is 21.4. The predicted molar refractivity (Wildman–Crippen MR) is 174 cm³/mol. The van der Waals surface area contributed by atoms with E-state index in [2.05, 4.69) is 9.97 Å². The number of ketones is 2. The Labute approximate surface area is 259 Å². The van der Waals surface area contributed by atoms with Crippen LogP contribution in [0.15, 0.2) is 66.9 Å². The summed E-state index contributed by atoms with van der Waals surface area (Å²) >= 11 is 0. The number of fused-ring (bicyclic) bond motifs is 2. The number of aromatic nitrogens is 2. The molecule has 226 valence electrons. The molecule has 2 aromatic heterocycles. The summed E-state index contributed by atoms with van der Waals surface area (Å²) in [4.78, 5) is 32.5. The summed E-state index contributed by atoms with van der Waals surface area (Å²) in [6.45, 7) is 6.03. The number of hydrogen-bond donors (Lipinski definition) is 5. The second-order valence-electron chi connectivity index (χ2n) is 11.6. The topological polar surface area (TPSA) is 144 Å². The van der Waals surface area contributed by atoms with Crippen molar-refractivity contribution in [2.24, 2.45) is 0 Å². The van der Waals surface area contributed by atoms with Crippen molar-refractivity contribution in [3.8, 4) is 34.1 Å². The van der Waals surface area contributed by atoms with Crippen LogP contribution in [0.2, 0.25) is 0 Å². The highest BCUT2D eigenvalue weighted by Gasteiger charge is 2.24. The van der Waals surface area contributed by atoms with Crippen molar-refractivity contribution in [1.29, 1.82) is 0 Å². The lowest BCUT2D eigenvalue weighted by atomic mass is 9.92. The number of phenolic OH excluding ortho intramolecular Hbond substituents is 4. The lowest BCUT2D eigenvalue weighted by Gasteiger charge is -2.15. The van der Waals surface area contributed by atoms with E-state index in [0.717, 1.165) is 32.9 Å². The molecule has 2 heterocycles. The summed E-state index contributed by atoms with van der Waals surface area (Å²) in [6.07, 6.45) is 1.81. The minimum Gasteiger partial charge on any atom is -0.507 e. The van der Waals surface area contributed by atoms with Crippen molar-refractivity contribution >= 4 is 33.4 Å². The van der Waals surface area contributed by atoms with Crippen molar-refractivity contribution in [2.45, 2.75) is 40.5 Å². The van der Waals surface area contributed by atoms with Crippen molar-refractivity contribution in [2.75, 3.05) is 0 Å². The summed E-state index contributed by atoms with van der Waals surface area (Å²) < 4.78 is 0. The first kappa shape index (κ1) is 29.4. The van der Waals surface area contributed by atoms with E-state index in [1.807, 2.05) is 48.5 Å². The van der Waals surface area contributed by atoms with Crippen LogP contribution in [0.25, 0.3) is 32.9 Å². The molecule has 0 atom stereocenters. The minimum atomic E-state index is -0.338. The van der Waals surface area contributed by atoms with Gasteiger partial charge in [0.05, 0.1) is 16.6 Å². The van der Waals surface area contributed by atoms with Crippen molar-refractivity contribution in [1.82, 2.24) is 9.97 Å². The van der Waals surface area contributed by atoms with Crippen molar-refractivity contribution < 1.29 is 30.0 Å². The van der Waals surface area contributed by atoms with Gasteiger partial charge in [0.25, 0.3) is 0 Å². The Kier molecular flexibility index (Phi) is 7.29. The molecule has 0 spiro atoms. The molecule has 0 radical (unpaired) electrons. The zero-order valence-corrected chi connectivity index (χ0v) is 25.3. The SMILES string of the molecule is CC(=O)c1cc(C)c(O)c(Cc2[nH]c3cc(-c4ccc5cccnc5c4)ccc3c2Cc2c(O)c(C)cc(C(C)=O)c2O)c1O. The van der Waals surface area contributed by atoms with E-state index < -0.39 is 0 Å². The number of aryl methyl sites for hydroxylation is 2. The molecule has 8 heteroatoms. The van der Waals surface area contributed by atoms with Crippen molar-refractivity contribution in [3.63, 3.8) is 0 Å². The third kappa shape index (κ3) is 5.14. The van der Waals surface area contributed by atoms with Gasteiger partial charge in [-0.05, 0) is 85.8 Å². The minimum absolute atomic E-state index is 0.0196. The fourth-order valence-electron chi connectivity index (χ4n) is 6.05. The smallest absolute Gasteiger partial charge is 0.163 e. The molecule has 0 aliphatic rings. The number of nitrogens with one attached hydrogen (secondary N) is 1. The van der Waals surface area contributed by atoms with Crippen LogP contribution in [0.5, 0.6) is 23.0 Å². The lowest BCUT2D eigenvalue weighted by Crippen LogP contribution is -2.03. The van der Waals surface area contributed by atoms with Crippen LogP contribution in [-0.2, 0) is 12.8 Å². The maximum Gasteiger partial charge on any atom is 0.163 e. The molecule has 0 aliphatic heterocycles. The molecule has 5 N–H and O–H groups in total. The van der Waals surface area contributed by atoms with Gasteiger partial charge in [-0.2, -0.15) is 0 Å². The zero-order chi connectivity index (χ0) is 32.2. The fraction of sp³-hybridized carbons (Fsp3) is 0.162. The molecule has 6 rings (SSSR count).